The van der Waals surface area contributed by atoms with Crippen molar-refractivity contribution >= 4 is 23.2 Å². The third kappa shape index (κ3) is 3.14. The van der Waals surface area contributed by atoms with Crippen molar-refractivity contribution in [3.8, 4) is 0 Å². The normalized spacial score (nSPS) is 11.9. The van der Waals surface area contributed by atoms with E-state index in [4.69, 9.17) is 11.6 Å². The highest BCUT2D eigenvalue weighted by Crippen LogP contribution is 2.23. The molecule has 1 atom stereocenters. The van der Waals surface area contributed by atoms with Crippen LogP contribution in [0.2, 0.25) is 5.02 Å². The van der Waals surface area contributed by atoms with Crippen molar-refractivity contribution in [2.24, 2.45) is 0 Å². The zero-order valence-corrected chi connectivity index (χ0v) is 12.2. The van der Waals surface area contributed by atoms with E-state index in [1.807, 2.05) is 26.0 Å². The van der Waals surface area contributed by atoms with Crippen LogP contribution in [0.15, 0.2) is 42.9 Å². The number of amides is 1. The average molecular weight is 290 g/mol. The van der Waals surface area contributed by atoms with E-state index in [0.717, 1.165) is 5.69 Å². The number of hydrogen-bond acceptors (Lipinski definition) is 3. The van der Waals surface area contributed by atoms with Crippen molar-refractivity contribution in [1.82, 2.24) is 9.97 Å². The maximum atomic E-state index is 12.6. The molecule has 1 heterocycles. The molecule has 0 spiro atoms. The fourth-order valence-corrected chi connectivity index (χ4v) is 2.19. The van der Waals surface area contributed by atoms with Gasteiger partial charge in [-0.25, -0.2) is 0 Å². The molecule has 0 aliphatic rings. The Morgan fingerprint density at radius 2 is 2.20 bits per heavy atom. The molecule has 0 N–H and O–H groups in total. The molecule has 0 bridgehead atoms. The Morgan fingerprint density at radius 3 is 2.80 bits per heavy atom. The average Bonchev–Trinajstić information content (AvgIpc) is 2.48. The lowest BCUT2D eigenvalue weighted by Crippen LogP contribution is -2.34. The second-order valence-corrected chi connectivity index (χ2v) is 4.85. The minimum Gasteiger partial charge on any atom is -0.312 e. The highest BCUT2D eigenvalue weighted by molar-refractivity contribution is 6.30. The van der Waals surface area contributed by atoms with E-state index in [2.05, 4.69) is 9.97 Å². The monoisotopic (exact) mass is 289 g/mol. The van der Waals surface area contributed by atoms with Crippen LogP contribution in [0.25, 0.3) is 0 Å². The first-order valence-electron chi connectivity index (χ1n) is 6.46. The van der Waals surface area contributed by atoms with Crippen LogP contribution in [0, 0.1) is 0 Å². The summed E-state index contributed by atoms with van der Waals surface area (Å²) < 4.78 is 0. The number of nitrogens with zero attached hydrogens (tertiary/aromatic N) is 3. The summed E-state index contributed by atoms with van der Waals surface area (Å²) in [6, 6.07) is 7.28. The number of hydrogen-bond donors (Lipinski definition) is 0. The summed E-state index contributed by atoms with van der Waals surface area (Å²) in [5.41, 5.74) is 1.46. The predicted octanol–water partition coefficient (Wildman–Crippen LogP) is 3.29. The van der Waals surface area contributed by atoms with Gasteiger partial charge in [0.25, 0.3) is 0 Å². The van der Waals surface area contributed by atoms with Gasteiger partial charge in [-0.2, -0.15) is 0 Å². The van der Waals surface area contributed by atoms with Gasteiger partial charge in [-0.3, -0.25) is 14.8 Å². The van der Waals surface area contributed by atoms with E-state index in [1.54, 1.807) is 35.6 Å². The molecule has 20 heavy (non-hydrogen) atoms. The number of anilines is 1. The summed E-state index contributed by atoms with van der Waals surface area (Å²) in [6.45, 7) is 4.34. The minimum atomic E-state index is -0.345. The van der Waals surface area contributed by atoms with Gasteiger partial charge in [0, 0.05) is 35.8 Å². The van der Waals surface area contributed by atoms with Gasteiger partial charge in [0.1, 0.15) is 0 Å². The Kier molecular flexibility index (Phi) is 4.69. The Balaban J connectivity index is 2.26. The summed E-state index contributed by atoms with van der Waals surface area (Å²) in [5, 5.41) is 0.612. The molecule has 0 saturated carbocycles. The maximum Gasteiger partial charge on any atom is 0.235 e. The van der Waals surface area contributed by atoms with Crippen LogP contribution in [0.4, 0.5) is 5.69 Å². The van der Waals surface area contributed by atoms with E-state index in [1.165, 1.54) is 0 Å². The predicted molar refractivity (Wildman–Crippen MR) is 79.9 cm³/mol. The lowest BCUT2D eigenvalue weighted by Gasteiger charge is -2.24. The van der Waals surface area contributed by atoms with E-state index in [9.17, 15) is 4.79 Å². The summed E-state index contributed by atoms with van der Waals surface area (Å²) in [5.74, 6) is -0.363. The molecule has 0 radical (unpaired) electrons. The summed E-state index contributed by atoms with van der Waals surface area (Å²) >= 11 is 5.99. The van der Waals surface area contributed by atoms with E-state index in [-0.39, 0.29) is 11.8 Å². The third-order valence-corrected chi connectivity index (χ3v) is 3.33. The smallest absolute Gasteiger partial charge is 0.235 e. The third-order valence-electron chi connectivity index (χ3n) is 3.10. The second kappa shape index (κ2) is 6.48. The molecular formula is C15H16ClN3O. The molecule has 5 heteroatoms. The lowest BCUT2D eigenvalue weighted by atomic mass is 10.1. The number of benzene rings is 1. The van der Waals surface area contributed by atoms with Crippen molar-refractivity contribution < 1.29 is 4.79 Å². The molecule has 0 fully saturated rings. The van der Waals surface area contributed by atoms with Gasteiger partial charge < -0.3 is 4.90 Å². The van der Waals surface area contributed by atoms with E-state index in [0.29, 0.717) is 17.3 Å². The molecule has 1 unspecified atom stereocenters. The van der Waals surface area contributed by atoms with Crippen molar-refractivity contribution in [3.05, 3.63) is 53.6 Å². The Bertz CT molecular complexity index is 589. The topological polar surface area (TPSA) is 46.1 Å². The van der Waals surface area contributed by atoms with E-state index < -0.39 is 0 Å². The number of rotatable bonds is 4. The van der Waals surface area contributed by atoms with Crippen LogP contribution in [-0.2, 0) is 4.79 Å². The van der Waals surface area contributed by atoms with Crippen molar-refractivity contribution in [3.63, 3.8) is 0 Å². The van der Waals surface area contributed by atoms with Gasteiger partial charge >= 0.3 is 0 Å². The number of halogens is 1. The lowest BCUT2D eigenvalue weighted by molar-refractivity contribution is -0.119. The molecule has 1 aromatic heterocycles. The molecule has 0 aliphatic heterocycles. The van der Waals surface area contributed by atoms with Crippen LogP contribution >= 0.6 is 11.6 Å². The summed E-state index contributed by atoms with van der Waals surface area (Å²) in [4.78, 5) is 22.5. The number of likely N-dealkylation sites (N-methyl/N-ethyl adjacent to an activating group) is 1. The van der Waals surface area contributed by atoms with Crippen LogP contribution in [0.5, 0.6) is 0 Å². The van der Waals surface area contributed by atoms with Gasteiger partial charge in [0.15, 0.2) is 0 Å². The standard InChI is InChI=1S/C15H16ClN3O/c1-3-19(13-6-4-5-12(16)9-13)15(20)11(2)14-10-17-7-8-18-14/h4-11H,3H2,1-2H3. The Morgan fingerprint density at radius 1 is 1.40 bits per heavy atom. The molecule has 0 aliphatic carbocycles. The SMILES string of the molecule is CCN(C(=O)C(C)c1cnccn1)c1cccc(Cl)c1. The van der Waals surface area contributed by atoms with Crippen LogP contribution in [0.1, 0.15) is 25.5 Å². The molecule has 2 aromatic rings. The molecule has 0 saturated heterocycles. The van der Waals surface area contributed by atoms with Crippen LogP contribution < -0.4 is 4.90 Å². The number of aromatic nitrogens is 2. The van der Waals surface area contributed by atoms with Crippen molar-refractivity contribution in [2.45, 2.75) is 19.8 Å². The second-order valence-electron chi connectivity index (χ2n) is 4.41. The molecule has 1 amide bonds. The maximum absolute atomic E-state index is 12.6. The quantitative estimate of drug-likeness (QED) is 0.868. The molecule has 2 rings (SSSR count). The largest absolute Gasteiger partial charge is 0.312 e. The fraction of sp³-hybridized carbons (Fsp3) is 0.267. The first-order valence-corrected chi connectivity index (χ1v) is 6.84. The first-order chi connectivity index (χ1) is 9.63. The number of carbonyl (C=O) groups is 1. The van der Waals surface area contributed by atoms with Gasteiger partial charge in [-0.1, -0.05) is 17.7 Å². The molecular weight excluding hydrogens is 274 g/mol. The van der Waals surface area contributed by atoms with Gasteiger partial charge in [0.05, 0.1) is 11.6 Å². The Hall–Kier alpha value is -1.94. The summed E-state index contributed by atoms with van der Waals surface area (Å²) in [6.07, 6.45) is 4.80. The van der Waals surface area contributed by atoms with Crippen LogP contribution in [0.3, 0.4) is 0 Å². The summed E-state index contributed by atoms with van der Waals surface area (Å²) in [7, 11) is 0. The van der Waals surface area contributed by atoms with Crippen LogP contribution in [-0.4, -0.2) is 22.4 Å². The van der Waals surface area contributed by atoms with Gasteiger partial charge in [-0.05, 0) is 32.0 Å². The van der Waals surface area contributed by atoms with Gasteiger partial charge in [-0.15, -0.1) is 0 Å². The molecule has 4 nitrogen and oxygen atoms in total. The zero-order valence-electron chi connectivity index (χ0n) is 11.5. The molecule has 1 aromatic carbocycles. The fourth-order valence-electron chi connectivity index (χ4n) is 2.00. The number of carbonyl (C=O) groups excluding carboxylic acids is 1. The first kappa shape index (κ1) is 14.5. The Labute approximate surface area is 123 Å². The minimum absolute atomic E-state index is 0.0183. The van der Waals surface area contributed by atoms with Crippen molar-refractivity contribution in [1.29, 1.82) is 0 Å². The highest BCUT2D eigenvalue weighted by Gasteiger charge is 2.23. The zero-order chi connectivity index (χ0) is 14.5. The highest BCUT2D eigenvalue weighted by atomic mass is 35.5. The van der Waals surface area contributed by atoms with Gasteiger partial charge in [0.2, 0.25) is 5.91 Å². The van der Waals surface area contributed by atoms with Crippen molar-refractivity contribution in [2.75, 3.05) is 11.4 Å². The molecule has 104 valence electrons. The van der Waals surface area contributed by atoms with E-state index >= 15 is 0 Å².